The van der Waals surface area contributed by atoms with E-state index in [1.165, 1.54) is 4.90 Å². The number of benzene rings is 2. The Morgan fingerprint density at radius 2 is 1.77 bits per heavy atom. The normalized spacial score (nSPS) is 10.0. The van der Waals surface area contributed by atoms with Crippen molar-refractivity contribution in [2.24, 2.45) is 0 Å². The summed E-state index contributed by atoms with van der Waals surface area (Å²) in [6.07, 6.45) is 0.310. The van der Waals surface area contributed by atoms with Crippen molar-refractivity contribution in [1.29, 1.82) is 5.26 Å². The molecule has 0 atom stereocenters. The van der Waals surface area contributed by atoms with E-state index in [1.54, 1.807) is 30.3 Å². The predicted molar refractivity (Wildman–Crippen MR) is 115 cm³/mol. The van der Waals surface area contributed by atoms with Gasteiger partial charge >= 0.3 is 0 Å². The Hall–Kier alpha value is -3.66. The number of hydrogen-bond donors (Lipinski definition) is 2. The van der Waals surface area contributed by atoms with E-state index in [9.17, 15) is 14.4 Å². The van der Waals surface area contributed by atoms with Crippen LogP contribution in [0.1, 0.15) is 42.1 Å². The van der Waals surface area contributed by atoms with Gasteiger partial charge in [-0.2, -0.15) is 5.26 Å². The van der Waals surface area contributed by atoms with E-state index >= 15 is 0 Å². The second-order valence-electron chi connectivity index (χ2n) is 6.63. The Morgan fingerprint density at radius 1 is 1.00 bits per heavy atom. The molecule has 156 valence electrons. The lowest BCUT2D eigenvalue weighted by Crippen LogP contribution is -2.33. The molecule has 2 N–H and O–H groups in total. The lowest BCUT2D eigenvalue weighted by atomic mass is 10.1. The van der Waals surface area contributed by atoms with Crippen LogP contribution in [0.15, 0.2) is 54.6 Å². The first kappa shape index (κ1) is 22.6. The highest BCUT2D eigenvalue weighted by Gasteiger charge is 2.16. The fraction of sp³-hybridized carbons (Fsp3) is 0.304. The summed E-state index contributed by atoms with van der Waals surface area (Å²) in [4.78, 5) is 38.2. The molecule has 0 aliphatic heterocycles. The molecule has 30 heavy (non-hydrogen) atoms. The van der Waals surface area contributed by atoms with Crippen LogP contribution >= 0.6 is 0 Å². The summed E-state index contributed by atoms with van der Waals surface area (Å²) >= 11 is 0. The van der Waals surface area contributed by atoms with Gasteiger partial charge in [-0.1, -0.05) is 30.3 Å². The molecule has 0 radical (unpaired) electrons. The van der Waals surface area contributed by atoms with Gasteiger partial charge in [0.05, 0.1) is 12.5 Å². The van der Waals surface area contributed by atoms with Crippen LogP contribution < -0.4 is 15.5 Å². The van der Waals surface area contributed by atoms with E-state index in [2.05, 4.69) is 10.6 Å². The molecule has 2 aromatic rings. The molecular formula is C23H26N4O3. The van der Waals surface area contributed by atoms with Crippen LogP contribution in [0, 0.1) is 11.3 Å². The number of amides is 3. The first-order valence-corrected chi connectivity index (χ1v) is 9.91. The second kappa shape index (κ2) is 12.0. The van der Waals surface area contributed by atoms with Crippen LogP contribution in [0.4, 0.5) is 5.69 Å². The fourth-order valence-corrected chi connectivity index (χ4v) is 2.90. The van der Waals surface area contributed by atoms with Crippen LogP contribution in [-0.2, 0) is 16.1 Å². The smallest absolute Gasteiger partial charge is 0.251 e. The van der Waals surface area contributed by atoms with Gasteiger partial charge in [-0.25, -0.2) is 0 Å². The molecule has 7 nitrogen and oxygen atoms in total. The minimum absolute atomic E-state index is 0.0464. The Morgan fingerprint density at radius 3 is 2.47 bits per heavy atom. The molecule has 0 aliphatic rings. The highest BCUT2D eigenvalue weighted by molar-refractivity contribution is 5.95. The van der Waals surface area contributed by atoms with Gasteiger partial charge in [-0.3, -0.25) is 14.4 Å². The van der Waals surface area contributed by atoms with Gasteiger partial charge in [0.15, 0.2) is 0 Å². The van der Waals surface area contributed by atoms with E-state index < -0.39 is 0 Å². The number of anilines is 1. The van der Waals surface area contributed by atoms with Crippen molar-refractivity contribution in [2.45, 2.75) is 32.7 Å². The van der Waals surface area contributed by atoms with Crippen molar-refractivity contribution >= 4 is 23.4 Å². The molecule has 3 amide bonds. The van der Waals surface area contributed by atoms with Crippen molar-refractivity contribution in [3.8, 4) is 6.07 Å². The second-order valence-corrected chi connectivity index (χ2v) is 6.63. The van der Waals surface area contributed by atoms with Crippen LogP contribution in [0.25, 0.3) is 0 Å². The van der Waals surface area contributed by atoms with Gasteiger partial charge in [-0.05, 0) is 36.8 Å². The maximum atomic E-state index is 12.6. The minimum atomic E-state index is -0.250. The van der Waals surface area contributed by atoms with E-state index in [1.807, 2.05) is 37.3 Å². The van der Waals surface area contributed by atoms with Gasteiger partial charge in [-0.15, -0.1) is 0 Å². The van der Waals surface area contributed by atoms with E-state index in [4.69, 9.17) is 5.26 Å². The fourth-order valence-electron chi connectivity index (χ4n) is 2.90. The standard InChI is InChI=1S/C23H26N4O3/c1-2-25-23(30)19-9-6-8-18(16-19)17-26-21(28)12-13-22(29)27(15-7-14-24)20-10-4-3-5-11-20/h3-6,8-11,16H,2,7,12-13,15,17H2,1H3,(H,25,30)(H,26,28). The van der Waals surface area contributed by atoms with Crippen molar-refractivity contribution in [1.82, 2.24) is 10.6 Å². The molecule has 2 aromatic carbocycles. The van der Waals surface area contributed by atoms with Crippen molar-refractivity contribution in [2.75, 3.05) is 18.0 Å². The zero-order valence-electron chi connectivity index (χ0n) is 17.1. The third kappa shape index (κ3) is 7.06. The maximum Gasteiger partial charge on any atom is 0.251 e. The summed E-state index contributed by atoms with van der Waals surface area (Å²) in [5, 5.41) is 14.4. The highest BCUT2D eigenvalue weighted by atomic mass is 16.2. The number of nitriles is 1. The summed E-state index contributed by atoms with van der Waals surface area (Å²) in [6, 6.07) is 18.2. The van der Waals surface area contributed by atoms with Crippen LogP contribution in [-0.4, -0.2) is 30.8 Å². The summed E-state index contributed by atoms with van der Waals surface area (Å²) in [6.45, 7) is 2.95. The van der Waals surface area contributed by atoms with Crippen molar-refractivity contribution in [3.05, 3.63) is 65.7 Å². The molecule has 0 aliphatic carbocycles. The molecular weight excluding hydrogens is 380 g/mol. The number of nitrogens with zero attached hydrogens (tertiary/aromatic N) is 2. The summed E-state index contributed by atoms with van der Waals surface area (Å²) in [5.41, 5.74) is 2.05. The largest absolute Gasteiger partial charge is 0.352 e. The van der Waals surface area contributed by atoms with Crippen molar-refractivity contribution < 1.29 is 14.4 Å². The first-order chi connectivity index (χ1) is 14.5. The lowest BCUT2D eigenvalue weighted by molar-refractivity contribution is -0.125. The van der Waals surface area contributed by atoms with Crippen LogP contribution in [0.5, 0.6) is 0 Å². The molecule has 0 fully saturated rings. The molecule has 0 heterocycles. The molecule has 0 spiro atoms. The Balaban J connectivity index is 1.87. The first-order valence-electron chi connectivity index (χ1n) is 9.91. The average Bonchev–Trinajstić information content (AvgIpc) is 2.77. The van der Waals surface area contributed by atoms with Gasteiger partial charge in [0, 0.05) is 43.7 Å². The maximum absolute atomic E-state index is 12.6. The van der Waals surface area contributed by atoms with E-state index in [-0.39, 0.29) is 50.1 Å². The van der Waals surface area contributed by atoms with Crippen LogP contribution in [0.2, 0.25) is 0 Å². The molecule has 0 unspecified atom stereocenters. The topological polar surface area (TPSA) is 102 Å². The third-order valence-corrected chi connectivity index (χ3v) is 4.40. The number of para-hydroxylation sites is 1. The van der Waals surface area contributed by atoms with Gasteiger partial charge in [0.1, 0.15) is 0 Å². The monoisotopic (exact) mass is 406 g/mol. The van der Waals surface area contributed by atoms with E-state index in [0.29, 0.717) is 17.8 Å². The zero-order valence-corrected chi connectivity index (χ0v) is 17.1. The van der Waals surface area contributed by atoms with Gasteiger partial charge in [0.2, 0.25) is 11.8 Å². The molecule has 0 aromatic heterocycles. The lowest BCUT2D eigenvalue weighted by Gasteiger charge is -2.21. The Labute approximate surface area is 176 Å². The number of carbonyl (C=O) groups is 3. The third-order valence-electron chi connectivity index (χ3n) is 4.40. The molecule has 2 rings (SSSR count). The predicted octanol–water partition coefficient (Wildman–Crippen LogP) is 2.78. The number of nitrogens with one attached hydrogen (secondary N) is 2. The van der Waals surface area contributed by atoms with Gasteiger partial charge < -0.3 is 15.5 Å². The number of hydrogen-bond acceptors (Lipinski definition) is 4. The zero-order chi connectivity index (χ0) is 21.8. The Bertz CT molecular complexity index is 906. The van der Waals surface area contributed by atoms with E-state index in [0.717, 1.165) is 5.56 Å². The van der Waals surface area contributed by atoms with Crippen LogP contribution in [0.3, 0.4) is 0 Å². The number of rotatable bonds is 10. The van der Waals surface area contributed by atoms with Crippen molar-refractivity contribution in [3.63, 3.8) is 0 Å². The molecule has 0 bridgehead atoms. The summed E-state index contributed by atoms with van der Waals surface area (Å²) < 4.78 is 0. The van der Waals surface area contributed by atoms with Gasteiger partial charge in [0.25, 0.3) is 5.91 Å². The Kier molecular flexibility index (Phi) is 9.07. The number of carbonyl (C=O) groups excluding carboxylic acids is 3. The summed E-state index contributed by atoms with van der Waals surface area (Å²) in [7, 11) is 0. The SMILES string of the molecule is CCNC(=O)c1cccc(CNC(=O)CCC(=O)N(CCC#N)c2ccccc2)c1. The molecule has 7 heteroatoms. The summed E-state index contributed by atoms with van der Waals surface area (Å²) in [5.74, 6) is -0.612. The minimum Gasteiger partial charge on any atom is -0.352 e. The molecule has 0 saturated heterocycles. The highest BCUT2D eigenvalue weighted by Crippen LogP contribution is 2.15. The quantitative estimate of drug-likeness (QED) is 0.633. The molecule has 0 saturated carbocycles. The average molecular weight is 406 g/mol.